The SMILES string of the molecule is O=C(N[C@@H]1CN2CCC1CC2)c1n[nH]c2ccc(F)cc12.O=CO. The maximum absolute atomic E-state index is 13.4. The molecule has 0 unspecified atom stereocenters. The molecule has 1 aromatic carbocycles. The predicted octanol–water partition coefficient (Wildman–Crippen LogP) is 1.23. The van der Waals surface area contributed by atoms with Crippen LogP contribution in [0, 0.1) is 11.7 Å². The standard InChI is InChI=1S/C15H17FN4O.CH2O2/c16-10-1-2-12-11(7-10)14(19-18-12)15(21)17-13-8-20-5-3-9(13)4-6-20;2-1-3/h1-2,7,9,13H,3-6,8H2,(H,17,21)(H,18,19);1H,(H,2,3)/t13-;/m1./s1. The van der Waals surface area contributed by atoms with Crippen molar-refractivity contribution in [1.82, 2.24) is 20.4 Å². The monoisotopic (exact) mass is 334 g/mol. The Kier molecular flexibility index (Phi) is 4.75. The number of carboxylic acid groups (broad SMARTS) is 1. The first-order chi connectivity index (χ1) is 11.6. The number of carbonyl (C=O) groups is 2. The highest BCUT2D eigenvalue weighted by molar-refractivity contribution is 6.04. The van der Waals surface area contributed by atoms with Gasteiger partial charge in [0.2, 0.25) is 0 Å². The molecule has 24 heavy (non-hydrogen) atoms. The van der Waals surface area contributed by atoms with Crippen LogP contribution in [-0.2, 0) is 4.79 Å². The zero-order valence-corrected chi connectivity index (χ0v) is 13.0. The van der Waals surface area contributed by atoms with Gasteiger partial charge in [-0.2, -0.15) is 5.10 Å². The predicted molar refractivity (Wildman–Crippen MR) is 85.2 cm³/mol. The summed E-state index contributed by atoms with van der Waals surface area (Å²) in [6.45, 7) is 2.92. The van der Waals surface area contributed by atoms with Gasteiger partial charge >= 0.3 is 0 Å². The number of hydrogen-bond acceptors (Lipinski definition) is 4. The van der Waals surface area contributed by atoms with Crippen molar-refractivity contribution in [3.8, 4) is 0 Å². The van der Waals surface area contributed by atoms with Gasteiger partial charge in [0.15, 0.2) is 5.69 Å². The normalized spacial score (nSPS) is 25.0. The van der Waals surface area contributed by atoms with E-state index in [9.17, 15) is 9.18 Å². The number of piperidine rings is 3. The Balaban J connectivity index is 0.000000526. The summed E-state index contributed by atoms with van der Waals surface area (Å²) < 4.78 is 13.4. The van der Waals surface area contributed by atoms with Crippen LogP contribution < -0.4 is 5.32 Å². The molecule has 1 aromatic heterocycles. The lowest BCUT2D eigenvalue weighted by molar-refractivity contribution is -0.122. The zero-order chi connectivity index (χ0) is 17.1. The van der Waals surface area contributed by atoms with E-state index >= 15 is 0 Å². The molecule has 4 heterocycles. The van der Waals surface area contributed by atoms with Crippen LogP contribution in [0.4, 0.5) is 4.39 Å². The maximum atomic E-state index is 13.4. The van der Waals surface area contributed by atoms with E-state index < -0.39 is 0 Å². The minimum atomic E-state index is -0.360. The van der Waals surface area contributed by atoms with Crippen LogP contribution in [0.2, 0.25) is 0 Å². The van der Waals surface area contributed by atoms with Crippen molar-refractivity contribution in [3.05, 3.63) is 29.7 Å². The Morgan fingerprint density at radius 2 is 2.12 bits per heavy atom. The molecule has 2 aromatic rings. The van der Waals surface area contributed by atoms with Crippen LogP contribution in [0.3, 0.4) is 0 Å². The van der Waals surface area contributed by atoms with Crippen LogP contribution >= 0.6 is 0 Å². The molecule has 3 aliphatic heterocycles. The van der Waals surface area contributed by atoms with Crippen molar-refractivity contribution in [3.63, 3.8) is 0 Å². The summed E-state index contributed by atoms with van der Waals surface area (Å²) in [5.74, 6) is -0.0210. The number of hydrogen-bond donors (Lipinski definition) is 3. The third-order valence-corrected chi connectivity index (χ3v) is 4.71. The molecule has 3 aliphatic rings. The van der Waals surface area contributed by atoms with Gasteiger partial charge in [0, 0.05) is 18.0 Å². The molecule has 1 atom stereocenters. The van der Waals surface area contributed by atoms with Crippen LogP contribution in [0.5, 0.6) is 0 Å². The molecule has 0 radical (unpaired) electrons. The molecule has 8 heteroatoms. The van der Waals surface area contributed by atoms with Crippen molar-refractivity contribution in [2.75, 3.05) is 19.6 Å². The van der Waals surface area contributed by atoms with Crippen LogP contribution in [-0.4, -0.2) is 58.3 Å². The van der Waals surface area contributed by atoms with Crippen LogP contribution in [0.25, 0.3) is 10.9 Å². The number of rotatable bonds is 2. The van der Waals surface area contributed by atoms with E-state index in [4.69, 9.17) is 9.90 Å². The van der Waals surface area contributed by atoms with Gasteiger partial charge < -0.3 is 15.3 Å². The lowest BCUT2D eigenvalue weighted by Gasteiger charge is -2.44. The van der Waals surface area contributed by atoms with Crippen molar-refractivity contribution in [2.24, 2.45) is 5.92 Å². The van der Waals surface area contributed by atoms with Gasteiger partial charge in [-0.25, -0.2) is 4.39 Å². The fourth-order valence-electron chi connectivity index (χ4n) is 3.52. The number of nitrogens with one attached hydrogen (secondary N) is 2. The van der Waals surface area contributed by atoms with Crippen molar-refractivity contribution in [2.45, 2.75) is 18.9 Å². The van der Waals surface area contributed by atoms with E-state index in [1.807, 2.05) is 0 Å². The molecule has 7 nitrogen and oxygen atoms in total. The molecule has 2 bridgehead atoms. The molecule has 128 valence electrons. The average Bonchev–Trinajstić information content (AvgIpc) is 3.00. The maximum Gasteiger partial charge on any atom is 0.290 e. The Bertz CT molecular complexity index is 740. The molecule has 3 saturated heterocycles. The summed E-state index contributed by atoms with van der Waals surface area (Å²) >= 11 is 0. The molecular weight excluding hydrogens is 315 g/mol. The number of carbonyl (C=O) groups excluding carboxylic acids is 1. The minimum absolute atomic E-state index is 0.181. The van der Waals surface area contributed by atoms with E-state index in [0.29, 0.717) is 16.8 Å². The lowest BCUT2D eigenvalue weighted by atomic mass is 9.84. The first-order valence-electron chi connectivity index (χ1n) is 7.87. The Morgan fingerprint density at radius 3 is 2.75 bits per heavy atom. The summed E-state index contributed by atoms with van der Waals surface area (Å²) in [6.07, 6.45) is 2.28. The van der Waals surface area contributed by atoms with Gasteiger partial charge in [-0.3, -0.25) is 14.7 Å². The largest absolute Gasteiger partial charge is 0.483 e. The van der Waals surface area contributed by atoms with Crippen LogP contribution in [0.1, 0.15) is 23.3 Å². The number of aromatic amines is 1. The molecule has 0 spiro atoms. The molecule has 3 fully saturated rings. The van der Waals surface area contributed by atoms with Gasteiger partial charge in [0.25, 0.3) is 12.4 Å². The first-order valence-corrected chi connectivity index (χ1v) is 7.87. The summed E-state index contributed by atoms with van der Waals surface area (Å²) in [6, 6.07) is 4.49. The second kappa shape index (κ2) is 6.96. The fourth-order valence-corrected chi connectivity index (χ4v) is 3.52. The number of aromatic nitrogens is 2. The van der Waals surface area contributed by atoms with Gasteiger partial charge in [-0.1, -0.05) is 0 Å². The first kappa shape index (κ1) is 16.4. The van der Waals surface area contributed by atoms with Gasteiger partial charge in [-0.15, -0.1) is 0 Å². The molecule has 0 aliphatic carbocycles. The summed E-state index contributed by atoms with van der Waals surface area (Å²) in [4.78, 5) is 23.2. The second-order valence-electron chi connectivity index (χ2n) is 6.09. The molecule has 0 saturated carbocycles. The highest BCUT2D eigenvalue weighted by atomic mass is 19.1. The molecule has 1 amide bonds. The minimum Gasteiger partial charge on any atom is -0.483 e. The molecule has 5 rings (SSSR count). The molecule has 3 N–H and O–H groups in total. The summed E-state index contributed by atoms with van der Waals surface area (Å²) in [5.41, 5.74) is 0.955. The van der Waals surface area contributed by atoms with E-state index in [1.165, 1.54) is 12.1 Å². The second-order valence-corrected chi connectivity index (χ2v) is 6.09. The van der Waals surface area contributed by atoms with Gasteiger partial charge in [0.05, 0.1) is 5.52 Å². The van der Waals surface area contributed by atoms with E-state index in [0.717, 1.165) is 32.5 Å². The summed E-state index contributed by atoms with van der Waals surface area (Å²) in [5, 5.41) is 17.3. The fraction of sp³-hybridized carbons (Fsp3) is 0.438. The van der Waals surface area contributed by atoms with E-state index in [1.54, 1.807) is 6.07 Å². The van der Waals surface area contributed by atoms with Crippen molar-refractivity contribution < 1.29 is 19.1 Å². The lowest BCUT2D eigenvalue weighted by Crippen LogP contribution is -2.57. The van der Waals surface area contributed by atoms with Gasteiger partial charge in [-0.05, 0) is 50.0 Å². The Hall–Kier alpha value is -2.48. The van der Waals surface area contributed by atoms with E-state index in [2.05, 4.69) is 20.4 Å². The van der Waals surface area contributed by atoms with Gasteiger partial charge in [0.1, 0.15) is 5.82 Å². The zero-order valence-electron chi connectivity index (χ0n) is 13.0. The number of fused-ring (bicyclic) bond motifs is 4. The smallest absolute Gasteiger partial charge is 0.290 e. The molecular formula is C16H19FN4O3. The number of nitrogens with zero attached hydrogens (tertiary/aromatic N) is 2. The Morgan fingerprint density at radius 1 is 1.42 bits per heavy atom. The highest BCUT2D eigenvalue weighted by Crippen LogP contribution is 2.28. The topological polar surface area (TPSA) is 98.3 Å². The number of benzene rings is 1. The Labute approximate surface area is 137 Å². The third kappa shape index (κ3) is 3.23. The number of halogens is 1. The number of amides is 1. The average molecular weight is 334 g/mol. The summed E-state index contributed by atoms with van der Waals surface area (Å²) in [7, 11) is 0. The van der Waals surface area contributed by atoms with E-state index in [-0.39, 0.29) is 29.9 Å². The van der Waals surface area contributed by atoms with Crippen LogP contribution in [0.15, 0.2) is 18.2 Å². The van der Waals surface area contributed by atoms with Crippen molar-refractivity contribution >= 4 is 23.3 Å². The third-order valence-electron chi connectivity index (χ3n) is 4.71. The number of H-pyrrole nitrogens is 1. The highest BCUT2D eigenvalue weighted by Gasteiger charge is 2.35. The quantitative estimate of drug-likeness (QED) is 0.718. The van der Waals surface area contributed by atoms with Crippen molar-refractivity contribution in [1.29, 1.82) is 0 Å².